The predicted molar refractivity (Wildman–Crippen MR) is 99.1 cm³/mol. The molecule has 1 aliphatic carbocycles. The Balaban J connectivity index is 1.40. The molecule has 2 fully saturated rings. The van der Waals surface area contributed by atoms with Crippen molar-refractivity contribution in [1.82, 2.24) is 4.90 Å². The second-order valence-corrected chi connectivity index (χ2v) is 7.48. The second-order valence-electron chi connectivity index (χ2n) is 7.48. The van der Waals surface area contributed by atoms with Gasteiger partial charge in [0.1, 0.15) is 11.5 Å². The molecule has 5 heteroatoms. The molecule has 1 saturated carbocycles. The van der Waals surface area contributed by atoms with Gasteiger partial charge in [-0.2, -0.15) is 0 Å². The summed E-state index contributed by atoms with van der Waals surface area (Å²) >= 11 is 0. The Morgan fingerprint density at radius 3 is 2.58 bits per heavy atom. The lowest BCUT2D eigenvalue weighted by atomic mass is 10.1. The molecular formula is C21H24N2O3. The summed E-state index contributed by atoms with van der Waals surface area (Å²) in [6.07, 6.45) is 2.69. The van der Waals surface area contributed by atoms with Crippen molar-refractivity contribution in [2.24, 2.45) is 5.92 Å². The number of nitrogens with zero attached hydrogens (tertiary/aromatic N) is 2. The third-order valence-corrected chi connectivity index (χ3v) is 5.40. The molecule has 0 unspecified atom stereocenters. The standard InChI is InChI=1S/C21H24N2O3/c1-14-12-18(14)19-10-9-17(26-19)13-22(2)21(25)15-5-7-16(8-6-15)23-11-3-4-20(23)24/h5-10,14,18H,3-4,11-13H2,1-2H3/t14-,18-/m0/s1. The minimum atomic E-state index is -0.0537. The van der Waals surface area contributed by atoms with E-state index < -0.39 is 0 Å². The number of carbonyl (C=O) groups is 2. The fourth-order valence-electron chi connectivity index (χ4n) is 3.63. The van der Waals surface area contributed by atoms with Crippen LogP contribution in [-0.2, 0) is 11.3 Å². The highest BCUT2D eigenvalue weighted by atomic mass is 16.3. The molecule has 1 saturated heterocycles. The molecule has 0 spiro atoms. The molecule has 0 N–H and O–H groups in total. The van der Waals surface area contributed by atoms with Crippen LogP contribution in [0.4, 0.5) is 5.69 Å². The molecule has 1 aliphatic heterocycles. The van der Waals surface area contributed by atoms with Gasteiger partial charge in [-0.05, 0) is 55.2 Å². The Kier molecular flexibility index (Phi) is 4.31. The Morgan fingerprint density at radius 2 is 1.96 bits per heavy atom. The highest BCUT2D eigenvalue weighted by Crippen LogP contribution is 2.47. The zero-order valence-corrected chi connectivity index (χ0v) is 15.3. The number of furan rings is 1. The molecule has 1 aromatic carbocycles. The van der Waals surface area contributed by atoms with E-state index in [1.807, 2.05) is 24.3 Å². The Hall–Kier alpha value is -2.56. The Labute approximate surface area is 153 Å². The van der Waals surface area contributed by atoms with Crippen molar-refractivity contribution in [3.05, 3.63) is 53.5 Å². The van der Waals surface area contributed by atoms with Gasteiger partial charge < -0.3 is 14.2 Å². The Bertz CT molecular complexity index is 824. The van der Waals surface area contributed by atoms with Gasteiger partial charge in [0.05, 0.1) is 6.54 Å². The van der Waals surface area contributed by atoms with Crippen LogP contribution >= 0.6 is 0 Å². The SMILES string of the molecule is C[C@H]1C[C@@H]1c1ccc(CN(C)C(=O)c2ccc(N3CCCC3=O)cc2)o1. The van der Waals surface area contributed by atoms with Crippen LogP contribution in [0.3, 0.4) is 0 Å². The van der Waals surface area contributed by atoms with Gasteiger partial charge in [0.2, 0.25) is 5.91 Å². The normalized spacial score (nSPS) is 21.9. The van der Waals surface area contributed by atoms with Crippen molar-refractivity contribution in [2.45, 2.75) is 38.6 Å². The highest BCUT2D eigenvalue weighted by molar-refractivity contribution is 5.97. The topological polar surface area (TPSA) is 53.8 Å². The maximum Gasteiger partial charge on any atom is 0.254 e. The first-order chi connectivity index (χ1) is 12.5. The molecule has 2 heterocycles. The summed E-state index contributed by atoms with van der Waals surface area (Å²) in [5.74, 6) is 3.20. The lowest BCUT2D eigenvalue weighted by molar-refractivity contribution is -0.117. The molecule has 26 heavy (non-hydrogen) atoms. The number of benzene rings is 1. The summed E-state index contributed by atoms with van der Waals surface area (Å²) in [6, 6.07) is 11.3. The molecule has 2 amide bonds. The van der Waals surface area contributed by atoms with E-state index in [0.717, 1.165) is 30.2 Å². The molecule has 2 atom stereocenters. The zero-order valence-electron chi connectivity index (χ0n) is 15.3. The third-order valence-electron chi connectivity index (χ3n) is 5.40. The number of rotatable bonds is 5. The van der Waals surface area contributed by atoms with E-state index in [-0.39, 0.29) is 11.8 Å². The molecular weight excluding hydrogens is 328 g/mol. The van der Waals surface area contributed by atoms with Crippen molar-refractivity contribution in [2.75, 3.05) is 18.5 Å². The quantitative estimate of drug-likeness (QED) is 0.822. The van der Waals surface area contributed by atoms with Gasteiger partial charge in [0, 0.05) is 37.2 Å². The van der Waals surface area contributed by atoms with Crippen molar-refractivity contribution < 1.29 is 14.0 Å². The minimum Gasteiger partial charge on any atom is -0.464 e. The fourth-order valence-corrected chi connectivity index (χ4v) is 3.63. The van der Waals surface area contributed by atoms with Crippen molar-refractivity contribution in [1.29, 1.82) is 0 Å². The molecule has 4 rings (SSSR count). The zero-order chi connectivity index (χ0) is 18.3. The number of carbonyl (C=O) groups excluding carboxylic acids is 2. The van der Waals surface area contributed by atoms with Crippen LogP contribution in [0.25, 0.3) is 0 Å². The van der Waals surface area contributed by atoms with Gasteiger partial charge in [-0.15, -0.1) is 0 Å². The lowest BCUT2D eigenvalue weighted by Gasteiger charge is -2.18. The van der Waals surface area contributed by atoms with Gasteiger partial charge in [-0.25, -0.2) is 0 Å². The number of amides is 2. The fraction of sp³-hybridized carbons (Fsp3) is 0.429. The number of hydrogen-bond donors (Lipinski definition) is 0. The van der Waals surface area contributed by atoms with E-state index in [1.165, 1.54) is 6.42 Å². The van der Waals surface area contributed by atoms with Crippen LogP contribution in [0.15, 0.2) is 40.8 Å². The van der Waals surface area contributed by atoms with Crippen LogP contribution in [0.2, 0.25) is 0 Å². The highest BCUT2D eigenvalue weighted by Gasteiger charge is 2.36. The van der Waals surface area contributed by atoms with E-state index in [4.69, 9.17) is 4.42 Å². The van der Waals surface area contributed by atoms with Crippen molar-refractivity contribution in [3.8, 4) is 0 Å². The minimum absolute atomic E-state index is 0.0537. The van der Waals surface area contributed by atoms with Crippen LogP contribution in [0.5, 0.6) is 0 Å². The van der Waals surface area contributed by atoms with Gasteiger partial charge in [0.25, 0.3) is 5.91 Å². The first-order valence-corrected chi connectivity index (χ1v) is 9.27. The van der Waals surface area contributed by atoms with Crippen LogP contribution in [0, 0.1) is 5.92 Å². The summed E-state index contributed by atoms with van der Waals surface area (Å²) in [6.45, 7) is 3.43. The Morgan fingerprint density at radius 1 is 1.23 bits per heavy atom. The van der Waals surface area contributed by atoms with Gasteiger partial charge in [0.15, 0.2) is 0 Å². The summed E-state index contributed by atoms with van der Waals surface area (Å²) in [7, 11) is 1.78. The smallest absolute Gasteiger partial charge is 0.254 e. The van der Waals surface area contributed by atoms with Crippen LogP contribution < -0.4 is 4.90 Å². The summed E-state index contributed by atoms with van der Waals surface area (Å²) in [5, 5.41) is 0. The average Bonchev–Trinajstić information content (AvgIpc) is 3.01. The molecule has 2 aliphatic rings. The van der Waals surface area contributed by atoms with E-state index in [2.05, 4.69) is 6.92 Å². The predicted octanol–water partition coefficient (Wildman–Crippen LogP) is 3.80. The molecule has 2 aromatic rings. The monoisotopic (exact) mass is 352 g/mol. The van der Waals surface area contributed by atoms with Crippen molar-refractivity contribution in [3.63, 3.8) is 0 Å². The van der Waals surface area contributed by atoms with Gasteiger partial charge in [-0.1, -0.05) is 6.92 Å². The van der Waals surface area contributed by atoms with Gasteiger partial charge >= 0.3 is 0 Å². The second kappa shape index (κ2) is 6.63. The largest absolute Gasteiger partial charge is 0.464 e. The van der Waals surface area contributed by atoms with Crippen molar-refractivity contribution >= 4 is 17.5 Å². The molecule has 1 aromatic heterocycles. The molecule has 5 nitrogen and oxygen atoms in total. The third kappa shape index (κ3) is 3.26. The van der Waals surface area contributed by atoms with E-state index >= 15 is 0 Å². The summed E-state index contributed by atoms with van der Waals surface area (Å²) in [5.41, 5.74) is 1.48. The lowest BCUT2D eigenvalue weighted by Crippen LogP contribution is -2.26. The number of anilines is 1. The maximum absolute atomic E-state index is 12.7. The van der Waals surface area contributed by atoms with E-state index in [9.17, 15) is 9.59 Å². The molecule has 136 valence electrons. The summed E-state index contributed by atoms with van der Waals surface area (Å²) < 4.78 is 5.90. The van der Waals surface area contributed by atoms with E-state index in [0.29, 0.717) is 30.4 Å². The number of hydrogen-bond acceptors (Lipinski definition) is 3. The summed E-state index contributed by atoms with van der Waals surface area (Å²) in [4.78, 5) is 27.9. The van der Waals surface area contributed by atoms with Crippen LogP contribution in [0.1, 0.15) is 54.0 Å². The van der Waals surface area contributed by atoms with E-state index in [1.54, 1.807) is 29.0 Å². The first kappa shape index (κ1) is 16.9. The first-order valence-electron chi connectivity index (χ1n) is 9.27. The molecule has 0 bridgehead atoms. The molecule has 0 radical (unpaired) electrons. The van der Waals surface area contributed by atoms with Gasteiger partial charge in [-0.3, -0.25) is 9.59 Å². The maximum atomic E-state index is 12.7. The van der Waals surface area contributed by atoms with Crippen LogP contribution in [-0.4, -0.2) is 30.3 Å². The average molecular weight is 352 g/mol.